The number of carbonyl (C=O) groups is 1. The van der Waals surface area contributed by atoms with E-state index in [1.165, 1.54) is 0 Å². The zero-order chi connectivity index (χ0) is 8.55. The van der Waals surface area contributed by atoms with Gasteiger partial charge < -0.3 is 15.0 Å². The Hall–Kier alpha value is -0.320. The first kappa shape index (κ1) is 10.8. The third-order valence-electron chi connectivity index (χ3n) is 2.70. The summed E-state index contributed by atoms with van der Waals surface area (Å²) in [6, 6.07) is 0.299. The Bertz CT molecular complexity index is 201. The molecule has 2 atom stereocenters. The standard InChI is InChI=1S/C8H14N2O2.ClH/c1-10-6-2-3-9-4-7(6)12-5-8(10)11;/h6-7,9H,2-5H2,1H3;1H/t6-,7-;/m1./s1. The second kappa shape index (κ2) is 4.26. The SMILES string of the molecule is CN1C(=O)CO[C@@H]2CNCC[C@H]21.Cl. The van der Waals surface area contributed by atoms with Crippen molar-refractivity contribution < 1.29 is 9.53 Å². The van der Waals surface area contributed by atoms with E-state index < -0.39 is 0 Å². The van der Waals surface area contributed by atoms with Crippen LogP contribution in [0.25, 0.3) is 0 Å². The molecule has 1 amide bonds. The van der Waals surface area contributed by atoms with Crippen molar-refractivity contribution in [3.8, 4) is 0 Å². The molecule has 2 heterocycles. The minimum atomic E-state index is 0. The van der Waals surface area contributed by atoms with E-state index in [0.29, 0.717) is 6.04 Å². The van der Waals surface area contributed by atoms with Crippen molar-refractivity contribution in [3.63, 3.8) is 0 Å². The predicted molar refractivity (Wildman–Crippen MR) is 51.0 cm³/mol. The van der Waals surface area contributed by atoms with Gasteiger partial charge in [0.2, 0.25) is 5.91 Å². The highest BCUT2D eigenvalue weighted by Crippen LogP contribution is 2.18. The summed E-state index contributed by atoms with van der Waals surface area (Å²) in [5.74, 6) is 0.109. The van der Waals surface area contributed by atoms with E-state index in [-0.39, 0.29) is 31.0 Å². The van der Waals surface area contributed by atoms with E-state index in [1.54, 1.807) is 0 Å². The molecular formula is C8H15ClN2O2. The largest absolute Gasteiger partial charge is 0.365 e. The lowest BCUT2D eigenvalue weighted by Gasteiger charge is -2.41. The van der Waals surface area contributed by atoms with E-state index in [4.69, 9.17) is 4.74 Å². The van der Waals surface area contributed by atoms with Crippen LogP contribution >= 0.6 is 12.4 Å². The van der Waals surface area contributed by atoms with Gasteiger partial charge in [-0.3, -0.25) is 4.79 Å². The summed E-state index contributed by atoms with van der Waals surface area (Å²) in [5, 5.41) is 3.26. The minimum absolute atomic E-state index is 0. The Morgan fingerprint density at radius 3 is 3.15 bits per heavy atom. The average Bonchev–Trinajstić information content (AvgIpc) is 2.12. The van der Waals surface area contributed by atoms with Crippen molar-refractivity contribution in [1.29, 1.82) is 0 Å². The molecule has 0 unspecified atom stereocenters. The molecule has 0 spiro atoms. The molecule has 2 saturated heterocycles. The van der Waals surface area contributed by atoms with Gasteiger partial charge in [0, 0.05) is 13.6 Å². The molecule has 0 radical (unpaired) electrons. The maximum Gasteiger partial charge on any atom is 0.248 e. The number of fused-ring (bicyclic) bond motifs is 1. The summed E-state index contributed by atoms with van der Waals surface area (Å²) in [5.41, 5.74) is 0. The Morgan fingerprint density at radius 2 is 2.38 bits per heavy atom. The molecule has 0 saturated carbocycles. The lowest BCUT2D eigenvalue weighted by Crippen LogP contribution is -2.59. The Kier molecular flexibility index (Phi) is 3.53. The highest BCUT2D eigenvalue weighted by molar-refractivity contribution is 5.85. The molecule has 4 nitrogen and oxygen atoms in total. The third-order valence-corrected chi connectivity index (χ3v) is 2.70. The first-order chi connectivity index (χ1) is 5.79. The second-order valence-electron chi connectivity index (χ2n) is 3.41. The number of likely N-dealkylation sites (N-methyl/N-ethyl adjacent to an activating group) is 1. The number of halogens is 1. The molecule has 0 aromatic carbocycles. The molecule has 2 aliphatic rings. The number of nitrogens with zero attached hydrogens (tertiary/aromatic N) is 1. The topological polar surface area (TPSA) is 41.6 Å². The molecule has 2 fully saturated rings. The maximum atomic E-state index is 11.2. The summed E-state index contributed by atoms with van der Waals surface area (Å²) in [7, 11) is 1.87. The fourth-order valence-corrected chi connectivity index (χ4v) is 1.89. The van der Waals surface area contributed by atoms with E-state index in [2.05, 4.69) is 5.32 Å². The number of amides is 1. The van der Waals surface area contributed by atoms with Crippen molar-refractivity contribution in [2.45, 2.75) is 18.6 Å². The van der Waals surface area contributed by atoms with Crippen LogP contribution in [0.2, 0.25) is 0 Å². The normalized spacial score (nSPS) is 33.6. The zero-order valence-electron chi connectivity index (χ0n) is 7.66. The van der Waals surface area contributed by atoms with Crippen LogP contribution in [0.5, 0.6) is 0 Å². The van der Waals surface area contributed by atoms with E-state index in [1.807, 2.05) is 11.9 Å². The lowest BCUT2D eigenvalue weighted by molar-refractivity contribution is -0.156. The van der Waals surface area contributed by atoms with Crippen LogP contribution in [0.15, 0.2) is 0 Å². The van der Waals surface area contributed by atoms with Crippen LogP contribution in [-0.2, 0) is 9.53 Å². The van der Waals surface area contributed by atoms with Gasteiger partial charge >= 0.3 is 0 Å². The summed E-state index contributed by atoms with van der Waals surface area (Å²) in [6.45, 7) is 2.11. The van der Waals surface area contributed by atoms with Gasteiger partial charge in [-0.2, -0.15) is 0 Å². The number of nitrogens with one attached hydrogen (secondary N) is 1. The van der Waals surface area contributed by atoms with Gasteiger partial charge in [-0.25, -0.2) is 0 Å². The Morgan fingerprint density at radius 1 is 1.62 bits per heavy atom. The summed E-state index contributed by atoms with van der Waals surface area (Å²) in [6.07, 6.45) is 1.22. The summed E-state index contributed by atoms with van der Waals surface area (Å²) >= 11 is 0. The quantitative estimate of drug-likeness (QED) is 0.588. The second-order valence-corrected chi connectivity index (χ2v) is 3.41. The van der Waals surface area contributed by atoms with Crippen LogP contribution in [0.3, 0.4) is 0 Å². The van der Waals surface area contributed by atoms with Crippen LogP contribution in [0.4, 0.5) is 0 Å². The summed E-state index contributed by atoms with van der Waals surface area (Å²) in [4.78, 5) is 13.1. The Balaban J connectivity index is 0.000000845. The predicted octanol–water partition coefficient (Wildman–Crippen LogP) is -0.373. The number of carbonyl (C=O) groups excluding carboxylic acids is 1. The van der Waals surface area contributed by atoms with Crippen molar-refractivity contribution in [2.24, 2.45) is 0 Å². The number of morpholine rings is 1. The molecule has 0 aromatic rings. The fourth-order valence-electron chi connectivity index (χ4n) is 1.89. The average molecular weight is 207 g/mol. The number of ether oxygens (including phenoxy) is 1. The summed E-state index contributed by atoms with van der Waals surface area (Å²) < 4.78 is 5.41. The van der Waals surface area contributed by atoms with Crippen LogP contribution in [-0.4, -0.2) is 49.7 Å². The van der Waals surface area contributed by atoms with Crippen molar-refractivity contribution in [2.75, 3.05) is 26.7 Å². The van der Waals surface area contributed by atoms with Crippen LogP contribution in [0, 0.1) is 0 Å². The van der Waals surface area contributed by atoms with Gasteiger partial charge in [-0.05, 0) is 13.0 Å². The van der Waals surface area contributed by atoms with E-state index in [9.17, 15) is 4.79 Å². The third kappa shape index (κ3) is 1.95. The lowest BCUT2D eigenvalue weighted by atomic mass is 10.0. The van der Waals surface area contributed by atoms with Gasteiger partial charge in [0.05, 0.1) is 12.1 Å². The molecule has 76 valence electrons. The molecule has 1 N–H and O–H groups in total. The van der Waals surface area contributed by atoms with Gasteiger partial charge in [-0.1, -0.05) is 0 Å². The van der Waals surface area contributed by atoms with Crippen LogP contribution in [0.1, 0.15) is 6.42 Å². The molecule has 0 aromatic heterocycles. The highest BCUT2D eigenvalue weighted by atomic mass is 35.5. The van der Waals surface area contributed by atoms with Gasteiger partial charge in [0.15, 0.2) is 0 Å². The van der Waals surface area contributed by atoms with Gasteiger partial charge in [-0.15, -0.1) is 12.4 Å². The number of rotatable bonds is 0. The molecule has 2 aliphatic heterocycles. The Labute approximate surface area is 84.0 Å². The molecule has 0 bridgehead atoms. The molecular weight excluding hydrogens is 192 g/mol. The van der Waals surface area contributed by atoms with Crippen molar-refractivity contribution in [3.05, 3.63) is 0 Å². The number of piperidine rings is 1. The highest BCUT2D eigenvalue weighted by Gasteiger charge is 2.35. The molecule has 0 aliphatic carbocycles. The fraction of sp³-hybridized carbons (Fsp3) is 0.875. The van der Waals surface area contributed by atoms with Gasteiger partial charge in [0.25, 0.3) is 0 Å². The van der Waals surface area contributed by atoms with Gasteiger partial charge in [0.1, 0.15) is 6.61 Å². The minimum Gasteiger partial charge on any atom is -0.365 e. The maximum absolute atomic E-state index is 11.2. The van der Waals surface area contributed by atoms with Crippen molar-refractivity contribution >= 4 is 18.3 Å². The van der Waals surface area contributed by atoms with E-state index in [0.717, 1.165) is 19.5 Å². The number of hydrogen-bond acceptors (Lipinski definition) is 3. The number of hydrogen-bond donors (Lipinski definition) is 1. The first-order valence-electron chi connectivity index (χ1n) is 4.37. The molecule has 13 heavy (non-hydrogen) atoms. The zero-order valence-corrected chi connectivity index (χ0v) is 8.47. The van der Waals surface area contributed by atoms with Crippen LogP contribution < -0.4 is 5.32 Å². The molecule has 5 heteroatoms. The monoisotopic (exact) mass is 206 g/mol. The molecule has 2 rings (SSSR count). The van der Waals surface area contributed by atoms with E-state index >= 15 is 0 Å². The first-order valence-corrected chi connectivity index (χ1v) is 4.37. The van der Waals surface area contributed by atoms with Crippen molar-refractivity contribution in [1.82, 2.24) is 10.2 Å². The smallest absolute Gasteiger partial charge is 0.248 e.